The smallest absolute Gasteiger partial charge is 0.176 e. The molecule has 5 N–H and O–H groups in total. The van der Waals surface area contributed by atoms with E-state index in [0.29, 0.717) is 18.4 Å². The van der Waals surface area contributed by atoms with E-state index in [1.807, 2.05) is 60.7 Å². The first kappa shape index (κ1) is 25.0. The Morgan fingerprint density at radius 1 is 0.974 bits per heavy atom. The van der Waals surface area contributed by atoms with Gasteiger partial charge in [0.1, 0.15) is 24.1 Å². The molecule has 3 aromatic carbocycles. The van der Waals surface area contributed by atoms with Crippen molar-refractivity contribution in [1.82, 2.24) is 0 Å². The number of hydrogen-bond donors (Lipinski definition) is 4. The van der Waals surface area contributed by atoms with Crippen molar-refractivity contribution in [3.63, 3.8) is 0 Å². The predicted octanol–water partition coefficient (Wildman–Crippen LogP) is 1.74. The average molecular weight is 530 g/mol. The third kappa shape index (κ3) is 3.40. The van der Waals surface area contributed by atoms with Crippen LogP contribution in [0.2, 0.25) is 0 Å². The highest BCUT2D eigenvalue weighted by atomic mass is 16.7. The molecule has 0 amide bonds. The van der Waals surface area contributed by atoms with Gasteiger partial charge in [-0.25, -0.2) is 0 Å². The average Bonchev–Trinajstić information content (AvgIpc) is 3.42. The van der Waals surface area contributed by atoms with Crippen LogP contribution in [0.5, 0.6) is 0 Å². The Bertz CT molecular complexity index is 1490. The number of hydrogen-bond acceptors (Lipinski definition) is 8. The summed E-state index contributed by atoms with van der Waals surface area (Å²) < 4.78 is 12.3. The second kappa shape index (κ2) is 9.02. The van der Waals surface area contributed by atoms with Gasteiger partial charge in [0.2, 0.25) is 0 Å². The highest BCUT2D eigenvalue weighted by Gasteiger charge is 2.67. The Hall–Kier alpha value is -2.98. The lowest BCUT2D eigenvalue weighted by atomic mass is 9.60. The number of aryl methyl sites for hydroxylation is 1. The third-order valence-electron chi connectivity index (χ3n) is 9.50. The topological polar surface area (TPSA) is 139 Å². The highest BCUT2D eigenvalue weighted by molar-refractivity contribution is 6.09. The van der Waals surface area contributed by atoms with Gasteiger partial charge in [0.25, 0.3) is 0 Å². The quantitative estimate of drug-likeness (QED) is 0.403. The van der Waals surface area contributed by atoms with Gasteiger partial charge in [-0.15, -0.1) is 0 Å². The highest BCUT2D eigenvalue weighted by Crippen LogP contribution is 2.63. The second-order valence-corrected chi connectivity index (χ2v) is 11.3. The minimum Gasteiger partial charge on any atom is -0.394 e. The summed E-state index contributed by atoms with van der Waals surface area (Å²) in [7, 11) is 0. The number of ether oxygens (including phenoxy) is 2. The Balaban J connectivity index is 1.40. The van der Waals surface area contributed by atoms with Crippen molar-refractivity contribution in [2.75, 3.05) is 6.61 Å². The lowest BCUT2D eigenvalue weighted by Gasteiger charge is -2.46. The number of carbonyl (C=O) groups is 2. The van der Waals surface area contributed by atoms with Crippen LogP contribution in [0.15, 0.2) is 60.7 Å². The first-order chi connectivity index (χ1) is 18.9. The van der Waals surface area contributed by atoms with Crippen molar-refractivity contribution in [2.24, 2.45) is 11.7 Å². The van der Waals surface area contributed by atoms with Crippen LogP contribution in [0.25, 0.3) is 10.8 Å². The van der Waals surface area contributed by atoms with E-state index in [1.54, 1.807) is 0 Å². The summed E-state index contributed by atoms with van der Waals surface area (Å²) >= 11 is 0. The largest absolute Gasteiger partial charge is 0.394 e. The van der Waals surface area contributed by atoms with Gasteiger partial charge < -0.3 is 30.5 Å². The number of ketones is 2. The molecule has 3 aromatic rings. The number of aliphatic hydroxyl groups is 3. The SMILES string of the molecule is N[C@H]1C(O[C@@H]2C[C@H]3C(=O)c4cc5ccccc5cc4[C@H]3C23C(=O)CCc2ccccc23)O[C@H](CO)[C@H](O)[C@@H]1O. The van der Waals surface area contributed by atoms with Crippen LogP contribution in [0.1, 0.15) is 45.8 Å². The molecule has 8 heteroatoms. The second-order valence-electron chi connectivity index (χ2n) is 11.3. The van der Waals surface area contributed by atoms with E-state index >= 15 is 0 Å². The zero-order chi connectivity index (χ0) is 27.1. The molecule has 8 nitrogen and oxygen atoms in total. The maximum Gasteiger partial charge on any atom is 0.176 e. The summed E-state index contributed by atoms with van der Waals surface area (Å²) in [4.78, 5) is 28.2. The van der Waals surface area contributed by atoms with Crippen LogP contribution in [0.3, 0.4) is 0 Å². The van der Waals surface area contributed by atoms with Gasteiger partial charge in [0.05, 0.1) is 24.2 Å². The van der Waals surface area contributed by atoms with E-state index in [-0.39, 0.29) is 18.0 Å². The maximum absolute atomic E-state index is 14.3. The first-order valence-electron chi connectivity index (χ1n) is 13.6. The molecule has 1 saturated heterocycles. The van der Waals surface area contributed by atoms with Crippen LogP contribution < -0.4 is 5.73 Å². The predicted molar refractivity (Wildman–Crippen MR) is 141 cm³/mol. The van der Waals surface area contributed by atoms with E-state index in [2.05, 4.69) is 0 Å². The third-order valence-corrected chi connectivity index (χ3v) is 9.50. The lowest BCUT2D eigenvalue weighted by molar-refractivity contribution is -0.281. The van der Waals surface area contributed by atoms with E-state index in [9.17, 15) is 24.9 Å². The molecule has 9 atom stereocenters. The zero-order valence-corrected chi connectivity index (χ0v) is 21.3. The number of carbonyl (C=O) groups excluding carboxylic acids is 2. The molecule has 7 rings (SSSR count). The molecule has 39 heavy (non-hydrogen) atoms. The van der Waals surface area contributed by atoms with Crippen molar-refractivity contribution in [3.8, 4) is 0 Å². The minimum atomic E-state index is -1.39. The van der Waals surface area contributed by atoms with Crippen molar-refractivity contribution < 1.29 is 34.4 Å². The van der Waals surface area contributed by atoms with Gasteiger partial charge in [-0.1, -0.05) is 54.6 Å². The summed E-state index contributed by atoms with van der Waals surface area (Å²) in [6.45, 7) is -0.535. The van der Waals surface area contributed by atoms with E-state index in [4.69, 9.17) is 15.2 Å². The maximum atomic E-state index is 14.3. The minimum absolute atomic E-state index is 0.000338. The van der Waals surface area contributed by atoms with Gasteiger partial charge in [-0.2, -0.15) is 0 Å². The van der Waals surface area contributed by atoms with Crippen molar-refractivity contribution in [2.45, 2.75) is 67.3 Å². The van der Waals surface area contributed by atoms with Crippen LogP contribution in [0, 0.1) is 5.92 Å². The molecule has 1 spiro atoms. The standard InChI is InChI=1S/C31H31NO7/c32-26-29(37)28(36)22(14-33)38-30(26)39-24-13-20-25(31(24)21-8-4-3-5-15(21)9-10-23(31)34)18-11-16-6-1-2-7-17(16)12-19(18)27(20)35/h1-8,11-12,20,22,24-26,28-30,33,36-37H,9-10,13-14,32H2/t20-,22-,24-,25-,26-,28+,29-,30?,31?/m1/s1. The Labute approximate surface area is 225 Å². The number of Topliss-reactive ketones (excluding diaryl/α,β-unsaturated/α-hetero) is 2. The molecule has 0 bridgehead atoms. The Kier molecular flexibility index (Phi) is 5.79. The Morgan fingerprint density at radius 3 is 2.46 bits per heavy atom. The van der Waals surface area contributed by atoms with Gasteiger partial charge in [-0.3, -0.25) is 9.59 Å². The summed E-state index contributed by atoms with van der Waals surface area (Å²) in [5, 5.41) is 32.6. The first-order valence-corrected chi connectivity index (χ1v) is 13.6. The van der Waals surface area contributed by atoms with E-state index in [0.717, 1.165) is 27.5 Å². The summed E-state index contributed by atoms with van der Waals surface area (Å²) in [5.41, 5.74) is 8.51. The van der Waals surface area contributed by atoms with Crippen LogP contribution in [-0.4, -0.2) is 70.2 Å². The van der Waals surface area contributed by atoms with Crippen molar-refractivity contribution >= 4 is 22.3 Å². The number of rotatable bonds is 3. The molecule has 0 aromatic heterocycles. The normalized spacial score (nSPS) is 37.2. The van der Waals surface area contributed by atoms with Crippen molar-refractivity contribution in [1.29, 1.82) is 0 Å². The van der Waals surface area contributed by atoms with Crippen LogP contribution in [-0.2, 0) is 26.1 Å². The number of aliphatic hydroxyl groups excluding tert-OH is 3. The van der Waals surface area contributed by atoms with Crippen LogP contribution >= 0.6 is 0 Å². The molecule has 1 aliphatic heterocycles. The van der Waals surface area contributed by atoms with E-state index < -0.39 is 60.6 Å². The van der Waals surface area contributed by atoms with Gasteiger partial charge in [-0.05, 0) is 46.4 Å². The molecule has 2 unspecified atom stereocenters. The zero-order valence-electron chi connectivity index (χ0n) is 21.3. The molecular formula is C31H31NO7. The lowest BCUT2D eigenvalue weighted by Crippen LogP contribution is -2.64. The molecule has 1 saturated carbocycles. The summed E-state index contributed by atoms with van der Waals surface area (Å²) in [5.74, 6) is -0.885. The van der Waals surface area contributed by atoms with Gasteiger partial charge in [0.15, 0.2) is 12.1 Å². The molecule has 202 valence electrons. The fourth-order valence-electron chi connectivity index (χ4n) is 7.71. The summed E-state index contributed by atoms with van der Waals surface area (Å²) in [6, 6.07) is 18.6. The number of benzene rings is 3. The number of fused-ring (bicyclic) bond motifs is 7. The molecule has 1 heterocycles. The van der Waals surface area contributed by atoms with Crippen LogP contribution in [0.4, 0.5) is 0 Å². The van der Waals surface area contributed by atoms with Gasteiger partial charge in [0, 0.05) is 23.8 Å². The van der Waals surface area contributed by atoms with Crippen molar-refractivity contribution in [3.05, 3.63) is 82.9 Å². The fraction of sp³-hybridized carbons (Fsp3) is 0.419. The van der Waals surface area contributed by atoms with Gasteiger partial charge >= 0.3 is 0 Å². The Morgan fingerprint density at radius 2 is 1.69 bits per heavy atom. The number of nitrogens with two attached hydrogens (primary N) is 1. The fourth-order valence-corrected chi connectivity index (χ4v) is 7.71. The molecular weight excluding hydrogens is 498 g/mol. The molecule has 0 radical (unpaired) electrons. The molecule has 2 fully saturated rings. The van der Waals surface area contributed by atoms with E-state index in [1.165, 1.54) is 0 Å². The molecule has 4 aliphatic rings. The monoisotopic (exact) mass is 529 g/mol. The summed E-state index contributed by atoms with van der Waals surface area (Å²) in [6.07, 6.45) is -4.60. The molecule has 3 aliphatic carbocycles.